The molecule has 0 aliphatic heterocycles. The van der Waals surface area contributed by atoms with E-state index in [4.69, 9.17) is 49.0 Å². The number of aryl methyl sites for hydroxylation is 1. The number of aromatic nitrogens is 4. The number of anilines is 5. The highest BCUT2D eigenvalue weighted by Gasteiger charge is 2.31. The van der Waals surface area contributed by atoms with Crippen LogP contribution in [-0.4, -0.2) is 85.6 Å². The number of nitrogens with one attached hydrogen (secondary N) is 1. The van der Waals surface area contributed by atoms with Gasteiger partial charge in [-0.05, 0) is 6.04 Å². The summed E-state index contributed by atoms with van der Waals surface area (Å²) in [7, 11) is 4.30. The zero-order valence-electron chi connectivity index (χ0n) is 26.7. The molecule has 3 rings (SSSR count). The molecule has 0 unspecified atom stereocenters. The van der Waals surface area contributed by atoms with Gasteiger partial charge in [-0.15, -0.1) is 0 Å². The van der Waals surface area contributed by atoms with Gasteiger partial charge < -0.3 is 24.6 Å². The molecule has 0 fully saturated rings. The van der Waals surface area contributed by atoms with Crippen LogP contribution in [0, 0.1) is 0 Å². The Hall–Kier alpha value is -4.09. The highest BCUT2D eigenvalue weighted by atomic mass is 35.5. The second-order valence-corrected chi connectivity index (χ2v) is 17.7. The predicted molar refractivity (Wildman–Crippen MR) is 184 cm³/mol. The molecule has 4 amide bonds. The van der Waals surface area contributed by atoms with Crippen molar-refractivity contribution in [3.05, 3.63) is 46.3 Å². The van der Waals surface area contributed by atoms with Gasteiger partial charge in [-0.3, -0.25) is 19.3 Å². The maximum atomic E-state index is 14.2. The fourth-order valence-electron chi connectivity index (χ4n) is 4.04. The van der Waals surface area contributed by atoms with Crippen molar-refractivity contribution in [1.29, 1.82) is 0 Å². The first-order valence-corrected chi connectivity index (χ1v) is 18.7. The number of rotatable bonds is 13. The summed E-state index contributed by atoms with van der Waals surface area (Å²) in [5.41, 5.74) is 1.12. The minimum absolute atomic E-state index is 0.00737. The van der Waals surface area contributed by atoms with Gasteiger partial charge in [0, 0.05) is 52.5 Å². The molecule has 0 atom stereocenters. The molecule has 47 heavy (non-hydrogen) atoms. The van der Waals surface area contributed by atoms with E-state index < -0.39 is 26.1 Å². The second-order valence-electron chi connectivity index (χ2n) is 11.0. The summed E-state index contributed by atoms with van der Waals surface area (Å²) in [5, 5.41) is 16.9. The molecule has 3 aromatic rings. The Morgan fingerprint density at radius 1 is 1.06 bits per heavy atom. The molecule has 254 valence electrons. The van der Waals surface area contributed by atoms with Crippen molar-refractivity contribution in [2.24, 2.45) is 7.05 Å². The average molecular weight is 730 g/mol. The lowest BCUT2D eigenvalue weighted by atomic mass is 10.2. The molecule has 2 aromatic heterocycles. The molecule has 15 nitrogen and oxygen atoms in total. The summed E-state index contributed by atoms with van der Waals surface area (Å²) in [5.74, 6) is -0.576. The third kappa shape index (κ3) is 9.26. The van der Waals surface area contributed by atoms with E-state index in [1.54, 1.807) is 7.05 Å². The fraction of sp³-hybridized carbons (Fsp3) is 0.357. The fourth-order valence-corrected chi connectivity index (χ4v) is 5.62. The number of carbonyl (C=O) groups is 3. The van der Waals surface area contributed by atoms with Crippen molar-refractivity contribution in [3.63, 3.8) is 0 Å². The molecule has 0 aliphatic rings. The van der Waals surface area contributed by atoms with E-state index in [9.17, 15) is 19.5 Å². The smallest absolute Gasteiger partial charge is 0.419 e. The van der Waals surface area contributed by atoms with E-state index in [-0.39, 0.29) is 57.1 Å². The van der Waals surface area contributed by atoms with Crippen molar-refractivity contribution in [2.75, 3.05) is 54.6 Å². The van der Waals surface area contributed by atoms with Crippen molar-refractivity contribution >= 4 is 89.7 Å². The van der Waals surface area contributed by atoms with Gasteiger partial charge in [0.05, 0.1) is 26.1 Å². The summed E-state index contributed by atoms with van der Waals surface area (Å²) >= 11 is 18.9. The molecule has 0 spiro atoms. The number of hydrogen-bond acceptors (Lipinski definition) is 9. The number of carbonyl (C=O) groups excluding carboxylic acids is 2. The van der Waals surface area contributed by atoms with E-state index in [2.05, 4.69) is 40.0 Å². The Balaban J connectivity index is 2.06. The van der Waals surface area contributed by atoms with Crippen LogP contribution in [-0.2, 0) is 16.6 Å². The van der Waals surface area contributed by atoms with Gasteiger partial charge in [0.1, 0.15) is 51.9 Å². The molecule has 19 heteroatoms. The Kier molecular flexibility index (Phi) is 12.8. The van der Waals surface area contributed by atoms with Crippen molar-refractivity contribution in [2.45, 2.75) is 25.7 Å². The third-order valence-corrected chi connectivity index (χ3v) is 9.01. The van der Waals surface area contributed by atoms with Gasteiger partial charge in [0.25, 0.3) is 0 Å². The van der Waals surface area contributed by atoms with Gasteiger partial charge in [-0.1, -0.05) is 54.4 Å². The molecule has 2 heterocycles. The van der Waals surface area contributed by atoms with Crippen molar-refractivity contribution in [1.82, 2.24) is 19.7 Å². The average Bonchev–Trinajstić information content (AvgIpc) is 3.35. The lowest BCUT2D eigenvalue weighted by Gasteiger charge is -2.30. The summed E-state index contributed by atoms with van der Waals surface area (Å²) < 4.78 is 18.0. The first-order valence-electron chi connectivity index (χ1n) is 13.8. The number of hydrogen-bond donors (Lipinski definition) is 2. The Labute approximate surface area is 287 Å². The minimum atomic E-state index is -1.48. The first kappa shape index (κ1) is 37.4. The number of halogens is 3. The summed E-state index contributed by atoms with van der Waals surface area (Å²) in [6.07, 6.45) is 2.04. The number of urea groups is 1. The normalized spacial score (nSPS) is 11.4. The molecule has 0 aliphatic carbocycles. The van der Waals surface area contributed by atoms with Gasteiger partial charge in [0.2, 0.25) is 5.91 Å². The first-order chi connectivity index (χ1) is 22.1. The second kappa shape index (κ2) is 16.1. The third-order valence-electron chi connectivity index (χ3n) is 6.45. The topological polar surface area (TPSA) is 164 Å². The highest BCUT2D eigenvalue weighted by Crippen LogP contribution is 2.46. The number of nitrogens with zero attached hydrogens (tertiary/aromatic N) is 7. The molecular formula is C28H35Cl3N8O7Si. The minimum Gasteiger partial charge on any atom is -0.495 e. The number of amides is 4. The van der Waals surface area contributed by atoms with E-state index in [0.29, 0.717) is 6.61 Å². The van der Waals surface area contributed by atoms with E-state index in [1.807, 2.05) is 0 Å². The monoisotopic (exact) mass is 728 g/mol. The van der Waals surface area contributed by atoms with Gasteiger partial charge in [-0.25, -0.2) is 24.5 Å². The van der Waals surface area contributed by atoms with Crippen LogP contribution < -0.4 is 29.5 Å². The summed E-state index contributed by atoms with van der Waals surface area (Å²) in [6, 6.07) is 2.88. The van der Waals surface area contributed by atoms with E-state index in [1.165, 1.54) is 49.2 Å². The Morgan fingerprint density at radius 3 is 2.23 bits per heavy atom. The zero-order chi connectivity index (χ0) is 35.1. The van der Waals surface area contributed by atoms with E-state index >= 15 is 0 Å². The SMILES string of the molecule is COc1cc(OC)c(Cl)c(N(COCC[Si](C)(C)C)C(=O)N(C)c2cc(N(C(=O)O)c3nn(C)cc3NC(=O)C=CCl)ncn2)c1Cl. The Morgan fingerprint density at radius 2 is 1.68 bits per heavy atom. The van der Waals surface area contributed by atoms with Gasteiger partial charge >= 0.3 is 12.1 Å². The number of ether oxygens (including phenoxy) is 3. The van der Waals surface area contributed by atoms with Crippen LogP contribution >= 0.6 is 34.8 Å². The van der Waals surface area contributed by atoms with Gasteiger partial charge in [-0.2, -0.15) is 5.10 Å². The summed E-state index contributed by atoms with van der Waals surface area (Å²) in [4.78, 5) is 50.2. The lowest BCUT2D eigenvalue weighted by Crippen LogP contribution is -2.43. The molecule has 0 saturated carbocycles. The van der Waals surface area contributed by atoms with Crippen molar-refractivity contribution in [3.8, 4) is 11.5 Å². The van der Waals surface area contributed by atoms with Crippen LogP contribution in [0.2, 0.25) is 35.7 Å². The quantitative estimate of drug-likeness (QED) is 0.0869. The number of benzene rings is 1. The van der Waals surface area contributed by atoms with Crippen LogP contribution in [0.4, 0.5) is 38.4 Å². The number of methoxy groups -OCH3 is 2. The van der Waals surface area contributed by atoms with Crippen LogP contribution in [0.25, 0.3) is 0 Å². The zero-order valence-corrected chi connectivity index (χ0v) is 30.0. The lowest BCUT2D eigenvalue weighted by molar-refractivity contribution is -0.111. The van der Waals surface area contributed by atoms with Crippen LogP contribution in [0.3, 0.4) is 0 Å². The molecule has 0 bridgehead atoms. The molecule has 1 aromatic carbocycles. The maximum absolute atomic E-state index is 14.2. The van der Waals surface area contributed by atoms with Gasteiger partial charge in [0.15, 0.2) is 5.82 Å². The van der Waals surface area contributed by atoms with Crippen LogP contribution in [0.15, 0.2) is 36.3 Å². The van der Waals surface area contributed by atoms with E-state index in [0.717, 1.165) is 33.8 Å². The van der Waals surface area contributed by atoms with Crippen LogP contribution in [0.5, 0.6) is 11.5 Å². The molecular weight excluding hydrogens is 695 g/mol. The molecule has 0 radical (unpaired) electrons. The standard InChI is InChI=1S/C28H35Cl3N8O7Si/c1-36-14-17(34-22(40)8-9-29)26(35-36)39(28(42)43)21-13-20(32-15-33-21)37(2)27(41)38(16-46-10-11-47(5,6)7)25-23(30)18(44-3)12-19(45-4)24(25)31/h8-9,12-15H,10-11,16H2,1-7H3,(H,34,40)(H,42,43). The maximum Gasteiger partial charge on any atom is 0.419 e. The molecule has 0 saturated heterocycles. The Bertz CT molecular complexity index is 1620. The predicted octanol–water partition coefficient (Wildman–Crippen LogP) is 6.42. The summed E-state index contributed by atoms with van der Waals surface area (Å²) in [6.45, 7) is 6.70. The largest absolute Gasteiger partial charge is 0.495 e. The highest BCUT2D eigenvalue weighted by molar-refractivity contribution is 6.76. The van der Waals surface area contributed by atoms with Crippen molar-refractivity contribution < 1.29 is 33.7 Å². The molecule has 2 N–H and O–H groups in total. The number of carboxylic acid groups (broad SMARTS) is 1. The van der Waals surface area contributed by atoms with Crippen LogP contribution in [0.1, 0.15) is 0 Å².